The van der Waals surface area contributed by atoms with Gasteiger partial charge in [-0.25, -0.2) is 0 Å². The molecule has 0 atom stereocenters. The zero-order chi connectivity index (χ0) is 17.6. The third kappa shape index (κ3) is 4.30. The minimum Gasteiger partial charge on any atom is -0.419 e. The van der Waals surface area contributed by atoms with E-state index < -0.39 is 0 Å². The lowest BCUT2D eigenvalue weighted by Crippen LogP contribution is -2.30. The molecule has 0 aliphatic carbocycles. The Kier molecular flexibility index (Phi) is 5.27. The highest BCUT2D eigenvalue weighted by Crippen LogP contribution is 2.17. The molecule has 0 bridgehead atoms. The van der Waals surface area contributed by atoms with Gasteiger partial charge in [0.05, 0.1) is 12.1 Å². The van der Waals surface area contributed by atoms with Crippen molar-refractivity contribution in [3.05, 3.63) is 60.5 Å². The third-order valence-corrected chi connectivity index (χ3v) is 4.54. The lowest BCUT2D eigenvalue weighted by Gasteiger charge is -2.20. The van der Waals surface area contributed by atoms with Gasteiger partial charge in [-0.05, 0) is 43.3 Å². The number of nitrogens with zero attached hydrogens (tertiary/aromatic N) is 6. The van der Waals surface area contributed by atoms with Crippen molar-refractivity contribution in [3.8, 4) is 11.5 Å². The van der Waals surface area contributed by atoms with Crippen molar-refractivity contribution < 1.29 is 4.42 Å². The van der Waals surface area contributed by atoms with Gasteiger partial charge in [0.2, 0.25) is 11.8 Å². The van der Waals surface area contributed by atoms with Crippen LogP contribution in [0.15, 0.2) is 53.5 Å². The Labute approximate surface area is 152 Å². The number of hydrogen-bond acceptors (Lipinski definition) is 7. The van der Waals surface area contributed by atoms with E-state index in [4.69, 9.17) is 4.42 Å². The monoisotopic (exact) mass is 350 g/mol. The molecule has 3 aromatic rings. The Morgan fingerprint density at radius 1 is 0.846 bits per heavy atom. The molecule has 0 saturated carbocycles. The molecule has 1 aliphatic heterocycles. The van der Waals surface area contributed by atoms with Gasteiger partial charge >= 0.3 is 0 Å². The van der Waals surface area contributed by atoms with Gasteiger partial charge in [0.1, 0.15) is 0 Å². The Balaban J connectivity index is 1.33. The molecular formula is C19H22N6O. The molecule has 3 aromatic heterocycles. The Morgan fingerprint density at radius 3 is 2.35 bits per heavy atom. The molecule has 1 aliphatic rings. The first-order chi connectivity index (χ1) is 12.9. The van der Waals surface area contributed by atoms with Gasteiger partial charge in [-0.1, -0.05) is 6.07 Å². The molecule has 4 heterocycles. The summed E-state index contributed by atoms with van der Waals surface area (Å²) in [6.07, 6.45) is 8.36. The van der Waals surface area contributed by atoms with Crippen LogP contribution in [0.25, 0.3) is 11.5 Å². The maximum Gasteiger partial charge on any atom is 0.249 e. The van der Waals surface area contributed by atoms with Crippen LogP contribution in [0, 0.1) is 0 Å². The van der Waals surface area contributed by atoms with Crippen LogP contribution in [0.3, 0.4) is 0 Å². The second-order valence-corrected chi connectivity index (χ2v) is 6.51. The van der Waals surface area contributed by atoms with Crippen LogP contribution in [0.1, 0.15) is 17.9 Å². The van der Waals surface area contributed by atoms with E-state index in [0.717, 1.165) is 44.7 Å². The van der Waals surface area contributed by atoms with Crippen molar-refractivity contribution in [2.75, 3.05) is 26.2 Å². The normalized spacial score (nSPS) is 16.5. The maximum absolute atomic E-state index is 5.81. The fourth-order valence-electron chi connectivity index (χ4n) is 3.21. The van der Waals surface area contributed by atoms with Gasteiger partial charge in [0.25, 0.3) is 0 Å². The third-order valence-electron chi connectivity index (χ3n) is 4.54. The molecule has 134 valence electrons. The van der Waals surface area contributed by atoms with E-state index in [1.54, 1.807) is 12.4 Å². The summed E-state index contributed by atoms with van der Waals surface area (Å²) in [5, 5.41) is 8.34. The van der Waals surface area contributed by atoms with E-state index in [1.807, 2.05) is 30.6 Å². The van der Waals surface area contributed by atoms with Crippen molar-refractivity contribution in [1.82, 2.24) is 30.0 Å². The zero-order valence-corrected chi connectivity index (χ0v) is 14.7. The smallest absolute Gasteiger partial charge is 0.249 e. The molecule has 26 heavy (non-hydrogen) atoms. The van der Waals surface area contributed by atoms with E-state index in [1.165, 1.54) is 5.56 Å². The molecule has 0 spiro atoms. The average Bonchev–Trinajstić information content (AvgIpc) is 3.05. The topological polar surface area (TPSA) is 71.2 Å². The van der Waals surface area contributed by atoms with Gasteiger partial charge in [-0.2, -0.15) is 0 Å². The minimum atomic E-state index is 0.529. The van der Waals surface area contributed by atoms with Crippen molar-refractivity contribution in [3.63, 3.8) is 0 Å². The summed E-state index contributed by atoms with van der Waals surface area (Å²) in [5.41, 5.74) is 2.11. The molecule has 7 heteroatoms. The van der Waals surface area contributed by atoms with Gasteiger partial charge in [0, 0.05) is 44.4 Å². The lowest BCUT2D eigenvalue weighted by atomic mass is 10.2. The fourth-order valence-corrected chi connectivity index (χ4v) is 3.21. The van der Waals surface area contributed by atoms with Crippen LogP contribution in [0.5, 0.6) is 0 Å². The van der Waals surface area contributed by atoms with Crippen LogP contribution in [-0.4, -0.2) is 56.1 Å². The summed E-state index contributed by atoms with van der Waals surface area (Å²) in [6, 6.07) is 7.92. The van der Waals surface area contributed by atoms with Crippen LogP contribution in [-0.2, 0) is 13.1 Å². The van der Waals surface area contributed by atoms with E-state index in [0.29, 0.717) is 18.3 Å². The summed E-state index contributed by atoms with van der Waals surface area (Å²) >= 11 is 0. The van der Waals surface area contributed by atoms with E-state index in [-0.39, 0.29) is 0 Å². The summed E-state index contributed by atoms with van der Waals surface area (Å²) in [4.78, 5) is 13.2. The molecule has 4 rings (SSSR count). The zero-order valence-electron chi connectivity index (χ0n) is 14.7. The van der Waals surface area contributed by atoms with E-state index in [2.05, 4.69) is 36.0 Å². The summed E-state index contributed by atoms with van der Waals surface area (Å²) in [6.45, 7) is 5.79. The van der Waals surface area contributed by atoms with Gasteiger partial charge in [-0.15, -0.1) is 10.2 Å². The Bertz CT molecular complexity index is 807. The molecule has 0 unspecified atom stereocenters. The van der Waals surface area contributed by atoms with Crippen LogP contribution < -0.4 is 0 Å². The molecule has 7 nitrogen and oxygen atoms in total. The molecule has 0 N–H and O–H groups in total. The quantitative estimate of drug-likeness (QED) is 0.699. The number of pyridine rings is 2. The molecular weight excluding hydrogens is 328 g/mol. The molecule has 0 amide bonds. The first-order valence-electron chi connectivity index (χ1n) is 8.93. The molecule has 0 aromatic carbocycles. The summed E-state index contributed by atoms with van der Waals surface area (Å²) in [7, 11) is 0. The molecule has 1 fully saturated rings. The Hall–Kier alpha value is -2.64. The van der Waals surface area contributed by atoms with Crippen LogP contribution >= 0.6 is 0 Å². The number of rotatable bonds is 5. The van der Waals surface area contributed by atoms with Gasteiger partial charge in [0.15, 0.2) is 0 Å². The van der Waals surface area contributed by atoms with Crippen molar-refractivity contribution in [2.45, 2.75) is 19.5 Å². The highest BCUT2D eigenvalue weighted by molar-refractivity contribution is 5.49. The van der Waals surface area contributed by atoms with Gasteiger partial charge < -0.3 is 4.42 Å². The fraction of sp³-hybridized carbons (Fsp3) is 0.368. The number of aromatic nitrogens is 4. The van der Waals surface area contributed by atoms with Crippen molar-refractivity contribution in [2.24, 2.45) is 0 Å². The second-order valence-electron chi connectivity index (χ2n) is 6.51. The van der Waals surface area contributed by atoms with E-state index in [9.17, 15) is 0 Å². The highest BCUT2D eigenvalue weighted by atomic mass is 16.4. The maximum atomic E-state index is 5.81. The highest BCUT2D eigenvalue weighted by Gasteiger charge is 2.18. The minimum absolute atomic E-state index is 0.529. The molecule has 0 radical (unpaired) electrons. The van der Waals surface area contributed by atoms with Crippen LogP contribution in [0.2, 0.25) is 0 Å². The van der Waals surface area contributed by atoms with E-state index >= 15 is 0 Å². The average molecular weight is 350 g/mol. The van der Waals surface area contributed by atoms with Crippen molar-refractivity contribution in [1.29, 1.82) is 0 Å². The standard InChI is InChI=1S/C19H22N6O/c1-4-16(12-20-6-1)14-24-8-3-9-25(11-10-24)15-18-22-23-19(26-18)17-5-2-7-21-13-17/h1-2,4-7,12-13H,3,8-11,14-15H2. The second kappa shape index (κ2) is 8.16. The molecule has 1 saturated heterocycles. The summed E-state index contributed by atoms with van der Waals surface area (Å²) < 4.78 is 5.81. The lowest BCUT2D eigenvalue weighted by molar-refractivity contribution is 0.232. The first kappa shape index (κ1) is 16.8. The predicted octanol–water partition coefficient (Wildman–Crippen LogP) is 2.23. The SMILES string of the molecule is c1cncc(CN2CCCN(Cc3nnc(-c4cccnc4)o3)CC2)c1. The first-order valence-corrected chi connectivity index (χ1v) is 8.93. The predicted molar refractivity (Wildman–Crippen MR) is 96.9 cm³/mol. The number of hydrogen-bond donors (Lipinski definition) is 0. The Morgan fingerprint density at radius 2 is 1.62 bits per heavy atom. The largest absolute Gasteiger partial charge is 0.419 e. The summed E-state index contributed by atoms with van der Waals surface area (Å²) in [5.74, 6) is 1.19. The van der Waals surface area contributed by atoms with Crippen molar-refractivity contribution >= 4 is 0 Å². The van der Waals surface area contributed by atoms with Gasteiger partial charge in [-0.3, -0.25) is 19.8 Å². The van der Waals surface area contributed by atoms with Crippen LogP contribution in [0.4, 0.5) is 0 Å².